The first kappa shape index (κ1) is 28.9. The van der Waals surface area contributed by atoms with Crippen LogP contribution in [0.1, 0.15) is 22.3 Å². The Labute approximate surface area is 295 Å². The summed E-state index contributed by atoms with van der Waals surface area (Å²) in [6.07, 6.45) is 1.81. The minimum absolute atomic E-state index is 0.410. The Hall–Kier alpha value is -6.10. The van der Waals surface area contributed by atoms with Gasteiger partial charge in [-0.1, -0.05) is 151 Å². The lowest BCUT2D eigenvalue weighted by Gasteiger charge is -2.40. The highest BCUT2D eigenvalue weighted by atomic mass is 32.2. The average molecular weight is 656 g/mol. The van der Waals surface area contributed by atoms with Gasteiger partial charge in [-0.3, -0.25) is 4.98 Å². The van der Waals surface area contributed by atoms with E-state index in [1.165, 1.54) is 48.7 Å². The van der Waals surface area contributed by atoms with Crippen LogP contribution >= 0.6 is 11.8 Å². The minimum Gasteiger partial charge on any atom is -0.255 e. The van der Waals surface area contributed by atoms with Crippen LogP contribution in [0.5, 0.6) is 0 Å². The van der Waals surface area contributed by atoms with Gasteiger partial charge in [0.15, 0.2) is 5.82 Å². The van der Waals surface area contributed by atoms with Gasteiger partial charge in [0, 0.05) is 27.1 Å². The molecule has 0 saturated heterocycles. The van der Waals surface area contributed by atoms with Crippen LogP contribution < -0.4 is 0 Å². The highest BCUT2D eigenvalue weighted by Gasteiger charge is 2.50. The molecule has 0 saturated carbocycles. The first-order chi connectivity index (χ1) is 24.8. The number of fused-ring (bicyclic) bond motifs is 9. The number of pyridine rings is 1. The smallest absolute Gasteiger partial charge is 0.160 e. The lowest BCUT2D eigenvalue weighted by atomic mass is 9.67. The predicted molar refractivity (Wildman–Crippen MR) is 203 cm³/mol. The zero-order chi connectivity index (χ0) is 33.1. The van der Waals surface area contributed by atoms with E-state index in [0.29, 0.717) is 5.82 Å². The quantitative estimate of drug-likeness (QED) is 0.189. The highest BCUT2D eigenvalue weighted by Crippen LogP contribution is 2.63. The lowest BCUT2D eigenvalue weighted by molar-refractivity contribution is 0.723. The van der Waals surface area contributed by atoms with Crippen LogP contribution in [0.25, 0.3) is 56.3 Å². The van der Waals surface area contributed by atoms with Crippen LogP contribution in [-0.4, -0.2) is 15.0 Å². The summed E-state index contributed by atoms with van der Waals surface area (Å²) >= 11 is 1.88. The molecule has 0 unspecified atom stereocenters. The number of rotatable bonds is 4. The second-order valence-corrected chi connectivity index (χ2v) is 13.8. The van der Waals surface area contributed by atoms with E-state index in [0.717, 1.165) is 33.8 Å². The van der Waals surface area contributed by atoms with E-state index in [9.17, 15) is 0 Å². The third-order valence-electron chi connectivity index (χ3n) is 10.0. The first-order valence-corrected chi connectivity index (χ1v) is 17.7. The molecule has 0 N–H and O–H groups in total. The van der Waals surface area contributed by atoms with Crippen molar-refractivity contribution in [2.24, 2.45) is 0 Å². The summed E-state index contributed by atoms with van der Waals surface area (Å²) in [6.45, 7) is 0. The summed E-state index contributed by atoms with van der Waals surface area (Å²) < 4.78 is 0. The second-order valence-electron chi connectivity index (χ2n) is 12.7. The summed E-state index contributed by atoms with van der Waals surface area (Å²) in [5.74, 6) is 0.680. The molecule has 0 radical (unpaired) electrons. The molecular weight excluding hydrogens is 627 g/mol. The summed E-state index contributed by atoms with van der Waals surface area (Å²) in [5, 5.41) is 0. The van der Waals surface area contributed by atoms with E-state index in [1.807, 2.05) is 54.4 Å². The van der Waals surface area contributed by atoms with Crippen molar-refractivity contribution >= 4 is 11.8 Å². The van der Waals surface area contributed by atoms with Crippen molar-refractivity contribution in [2.75, 3.05) is 0 Å². The maximum absolute atomic E-state index is 5.12. The van der Waals surface area contributed by atoms with Crippen molar-refractivity contribution in [3.8, 4) is 56.3 Å². The molecule has 6 aromatic carbocycles. The zero-order valence-corrected chi connectivity index (χ0v) is 27.8. The van der Waals surface area contributed by atoms with Crippen LogP contribution in [0, 0.1) is 0 Å². The van der Waals surface area contributed by atoms with Gasteiger partial charge in [-0.2, -0.15) is 0 Å². The van der Waals surface area contributed by atoms with E-state index in [4.69, 9.17) is 9.97 Å². The van der Waals surface area contributed by atoms with Crippen LogP contribution in [0.15, 0.2) is 186 Å². The third-order valence-corrected chi connectivity index (χ3v) is 11.2. The minimum atomic E-state index is -0.410. The Kier molecular flexibility index (Phi) is 6.64. The number of hydrogen-bond donors (Lipinski definition) is 0. The summed E-state index contributed by atoms with van der Waals surface area (Å²) in [4.78, 5) is 17.3. The van der Waals surface area contributed by atoms with Crippen molar-refractivity contribution < 1.29 is 0 Å². The molecule has 4 heteroatoms. The standard InChI is InChI=1S/C46H29N3S/c1-2-14-30(15-3-1)45-48-41(29-42(49-45)40-25-10-11-27-47-40)32-17-12-16-31(28-32)33-20-13-24-39-44(33)50-43-26-9-8-23-38(43)46(39)36-21-6-4-18-34(36)35-19-5-7-22-37(35)46/h1-29H. The molecule has 0 atom stereocenters. The van der Waals surface area contributed by atoms with Crippen LogP contribution in [0.4, 0.5) is 0 Å². The Morgan fingerprint density at radius 1 is 0.400 bits per heavy atom. The highest BCUT2D eigenvalue weighted by molar-refractivity contribution is 7.99. The fourth-order valence-electron chi connectivity index (χ4n) is 7.91. The van der Waals surface area contributed by atoms with Crippen molar-refractivity contribution in [3.05, 3.63) is 198 Å². The van der Waals surface area contributed by atoms with Crippen molar-refractivity contribution in [1.82, 2.24) is 15.0 Å². The molecule has 3 nitrogen and oxygen atoms in total. The third kappa shape index (κ3) is 4.35. The molecule has 234 valence electrons. The van der Waals surface area contributed by atoms with E-state index in [-0.39, 0.29) is 0 Å². The number of benzene rings is 6. The zero-order valence-electron chi connectivity index (χ0n) is 27.0. The molecule has 1 aliphatic heterocycles. The molecule has 0 fully saturated rings. The van der Waals surface area contributed by atoms with Gasteiger partial charge in [0.25, 0.3) is 0 Å². The van der Waals surface area contributed by atoms with E-state index in [2.05, 4.69) is 138 Å². The van der Waals surface area contributed by atoms with Crippen molar-refractivity contribution in [1.29, 1.82) is 0 Å². The fraction of sp³-hybridized carbons (Fsp3) is 0.0217. The molecule has 0 amide bonds. The summed E-state index contributed by atoms with van der Waals surface area (Å²) in [5.41, 5.74) is 14.4. The molecule has 10 rings (SSSR count). The lowest BCUT2D eigenvalue weighted by Crippen LogP contribution is -2.32. The Morgan fingerprint density at radius 3 is 1.78 bits per heavy atom. The van der Waals surface area contributed by atoms with Crippen molar-refractivity contribution in [3.63, 3.8) is 0 Å². The molecule has 1 aliphatic carbocycles. The Morgan fingerprint density at radius 2 is 1.00 bits per heavy atom. The maximum atomic E-state index is 5.12. The van der Waals surface area contributed by atoms with Crippen LogP contribution in [0.3, 0.4) is 0 Å². The monoisotopic (exact) mass is 655 g/mol. The number of hydrogen-bond acceptors (Lipinski definition) is 4. The van der Waals surface area contributed by atoms with Crippen molar-refractivity contribution in [2.45, 2.75) is 15.2 Å². The fourth-order valence-corrected chi connectivity index (χ4v) is 9.23. The second kappa shape index (κ2) is 11.5. The van der Waals surface area contributed by atoms with Gasteiger partial charge in [-0.05, 0) is 74.8 Å². The van der Waals surface area contributed by atoms with Crippen LogP contribution in [-0.2, 0) is 5.41 Å². The largest absolute Gasteiger partial charge is 0.255 e. The average Bonchev–Trinajstić information content (AvgIpc) is 3.49. The van der Waals surface area contributed by atoms with E-state index < -0.39 is 5.41 Å². The molecule has 1 spiro atoms. The molecule has 2 aromatic heterocycles. The summed E-state index contributed by atoms with van der Waals surface area (Å²) in [6, 6.07) is 60.7. The molecule has 50 heavy (non-hydrogen) atoms. The van der Waals surface area contributed by atoms with Gasteiger partial charge in [-0.25, -0.2) is 9.97 Å². The molecule has 2 aliphatic rings. The van der Waals surface area contributed by atoms with Gasteiger partial charge >= 0.3 is 0 Å². The SMILES string of the molecule is c1ccc(-c2nc(-c3cccc(-c4cccc5c4Sc4ccccc4C54c5ccccc5-c5ccccc54)c3)cc(-c3ccccn3)n2)cc1. The molecular formula is C46H29N3S. The normalized spacial score (nSPS) is 13.3. The van der Waals surface area contributed by atoms with E-state index in [1.54, 1.807) is 0 Å². The van der Waals surface area contributed by atoms with E-state index >= 15 is 0 Å². The predicted octanol–water partition coefficient (Wildman–Crippen LogP) is 11.4. The number of aromatic nitrogens is 3. The van der Waals surface area contributed by atoms with Gasteiger partial charge in [0.1, 0.15) is 0 Å². The topological polar surface area (TPSA) is 38.7 Å². The molecule has 3 heterocycles. The Bertz CT molecular complexity index is 2480. The maximum Gasteiger partial charge on any atom is 0.160 e. The number of nitrogens with zero attached hydrogens (tertiary/aromatic N) is 3. The van der Waals surface area contributed by atoms with Gasteiger partial charge in [0.2, 0.25) is 0 Å². The molecule has 8 aromatic rings. The van der Waals surface area contributed by atoms with Gasteiger partial charge < -0.3 is 0 Å². The van der Waals surface area contributed by atoms with Gasteiger partial charge in [-0.15, -0.1) is 0 Å². The van der Waals surface area contributed by atoms with Gasteiger partial charge in [0.05, 0.1) is 22.5 Å². The molecule has 0 bridgehead atoms. The first-order valence-electron chi connectivity index (χ1n) is 16.9. The van der Waals surface area contributed by atoms with Crippen LogP contribution in [0.2, 0.25) is 0 Å². The summed E-state index contributed by atoms with van der Waals surface area (Å²) in [7, 11) is 0. The Balaban J connectivity index is 1.18.